The van der Waals surface area contributed by atoms with Gasteiger partial charge >= 0.3 is 0 Å². The summed E-state index contributed by atoms with van der Waals surface area (Å²) in [5.74, 6) is 4.05. The molecule has 19 heteroatoms. The van der Waals surface area contributed by atoms with E-state index in [9.17, 15) is 30.6 Å². The average Bonchev–Trinajstić information content (AvgIpc) is 3.08. The summed E-state index contributed by atoms with van der Waals surface area (Å²) in [5.41, 5.74) is 10.8. The predicted octanol–water partition coefficient (Wildman–Crippen LogP) is -1.90. The molecule has 0 aromatic rings. The Labute approximate surface area is 300 Å². The van der Waals surface area contributed by atoms with Crippen molar-refractivity contribution in [1.82, 2.24) is 5.32 Å². The van der Waals surface area contributed by atoms with Crippen LogP contribution in [0.2, 0.25) is 0 Å². The van der Waals surface area contributed by atoms with Crippen LogP contribution in [0.25, 0.3) is 0 Å². The molecule has 16 nitrogen and oxygen atoms in total. The molecule has 284 valence electrons. The fraction of sp³-hybridized carbons (Fsp3) is 0.900. The van der Waals surface area contributed by atoms with Gasteiger partial charge in [-0.2, -0.15) is 23.5 Å². The Balaban J connectivity index is 1.07. The van der Waals surface area contributed by atoms with Gasteiger partial charge in [0, 0.05) is 50.1 Å². The van der Waals surface area contributed by atoms with Gasteiger partial charge in [0.05, 0.1) is 30.8 Å². The SMILES string of the molecule is NCCSCCCOC1C(O)NC(CC=COC2OC3C[C@@H](C3O)C2OCCCSCCN=C(N)CSC2OCC(O)C(O)C2O)OC1O. The van der Waals surface area contributed by atoms with E-state index < -0.39 is 67.1 Å². The molecule has 4 saturated heterocycles. The summed E-state index contributed by atoms with van der Waals surface area (Å²) < 4.78 is 34.4. The third-order valence-electron chi connectivity index (χ3n) is 8.38. The number of aliphatic imine (C=N–C) groups is 1. The zero-order valence-corrected chi connectivity index (χ0v) is 30.0. The molecule has 0 spiro atoms. The standard InChI is InChI=1S/C30H54N4O12S3/c31-5-12-47-10-3-9-42-26-27(39)34-21(46-28(26)40)4-1-7-43-29-25(17-14-19(45-29)22(17)36)41-8-2-11-48-13-6-33-20(32)16-49-30-24(38)23(37)18(35)15-44-30/h1,7,17-19,21-30,34-40H,2-6,8-16,31H2,(H2,32,33)/t17-,18?,19?,21?,22?,23?,24?,25?,26?,27?,28?,29?,30?/m0/s1. The minimum atomic E-state index is -1.28. The maximum atomic E-state index is 10.4. The van der Waals surface area contributed by atoms with Gasteiger partial charge in [-0.05, 0) is 36.8 Å². The number of hydrogen-bond acceptors (Lipinski definition) is 18. The summed E-state index contributed by atoms with van der Waals surface area (Å²) in [6.45, 7) is 1.97. The lowest BCUT2D eigenvalue weighted by Gasteiger charge is -2.52. The first-order valence-corrected chi connectivity index (χ1v) is 20.1. The predicted molar refractivity (Wildman–Crippen MR) is 187 cm³/mol. The second-order valence-corrected chi connectivity index (χ2v) is 15.7. The molecular weight excluding hydrogens is 705 g/mol. The molecule has 0 aromatic heterocycles. The summed E-state index contributed by atoms with van der Waals surface area (Å²) in [7, 11) is 0. The second kappa shape index (κ2) is 21.9. The third kappa shape index (κ3) is 12.9. The average molecular weight is 759 g/mol. The van der Waals surface area contributed by atoms with Crippen LogP contribution in [-0.2, 0) is 28.4 Å². The molecule has 5 fully saturated rings. The van der Waals surface area contributed by atoms with Crippen LogP contribution < -0.4 is 16.8 Å². The topological polar surface area (TPSA) is 253 Å². The second-order valence-electron chi connectivity index (χ2n) is 12.1. The Morgan fingerprint density at radius 3 is 2.37 bits per heavy atom. The zero-order valence-electron chi connectivity index (χ0n) is 27.5. The Kier molecular flexibility index (Phi) is 18.5. The van der Waals surface area contributed by atoms with Crippen LogP contribution in [0, 0.1) is 5.92 Å². The first-order valence-electron chi connectivity index (χ1n) is 16.8. The van der Waals surface area contributed by atoms with Crippen LogP contribution in [0.4, 0.5) is 0 Å². The van der Waals surface area contributed by atoms with Crippen molar-refractivity contribution in [2.45, 2.75) is 98.9 Å². The number of rotatable bonds is 22. The number of thioether (sulfide) groups is 3. The van der Waals surface area contributed by atoms with Crippen molar-refractivity contribution in [3.8, 4) is 0 Å². The summed E-state index contributed by atoms with van der Waals surface area (Å²) in [6.07, 6.45) is -3.65. The zero-order chi connectivity index (χ0) is 35.2. The Hall–Kier alpha value is -0.460. The van der Waals surface area contributed by atoms with E-state index in [1.807, 2.05) is 0 Å². The molecule has 1 saturated carbocycles. The number of nitrogens with two attached hydrogens (primary N) is 2. The maximum Gasteiger partial charge on any atom is 0.226 e. The maximum absolute atomic E-state index is 10.4. The molecule has 4 heterocycles. The molecule has 13 atom stereocenters. The fourth-order valence-electron chi connectivity index (χ4n) is 5.63. The van der Waals surface area contributed by atoms with Crippen molar-refractivity contribution in [1.29, 1.82) is 0 Å². The molecule has 1 aliphatic carbocycles. The summed E-state index contributed by atoms with van der Waals surface area (Å²) in [5, 5.41) is 63.4. The first-order chi connectivity index (χ1) is 23.7. The van der Waals surface area contributed by atoms with E-state index in [1.54, 1.807) is 29.6 Å². The van der Waals surface area contributed by atoms with Crippen molar-refractivity contribution in [2.24, 2.45) is 22.4 Å². The van der Waals surface area contributed by atoms with Crippen molar-refractivity contribution in [3.05, 3.63) is 12.3 Å². The van der Waals surface area contributed by atoms with Crippen LogP contribution in [0.15, 0.2) is 17.3 Å². The lowest BCUT2D eigenvalue weighted by molar-refractivity contribution is -0.328. The van der Waals surface area contributed by atoms with E-state index in [0.717, 1.165) is 35.9 Å². The highest BCUT2D eigenvalue weighted by Crippen LogP contribution is 2.43. The smallest absolute Gasteiger partial charge is 0.226 e. The lowest BCUT2D eigenvalue weighted by atomic mass is 9.72. The number of aliphatic hydroxyl groups is 6. The number of amidine groups is 1. The van der Waals surface area contributed by atoms with Crippen molar-refractivity contribution < 1.29 is 59.1 Å². The highest BCUT2D eigenvalue weighted by molar-refractivity contribution is 8.00. The summed E-state index contributed by atoms with van der Waals surface area (Å²) >= 11 is 4.67. The van der Waals surface area contributed by atoms with Crippen molar-refractivity contribution in [3.63, 3.8) is 0 Å². The molecule has 11 N–H and O–H groups in total. The molecule has 12 unspecified atom stereocenters. The van der Waals surface area contributed by atoms with Crippen LogP contribution in [0.3, 0.4) is 0 Å². The minimum Gasteiger partial charge on any atom is -0.470 e. The largest absolute Gasteiger partial charge is 0.470 e. The molecule has 0 amide bonds. The molecule has 0 radical (unpaired) electrons. The molecular formula is C30H54N4O12S3. The number of fused-ring (bicyclic) bond motifs is 2. The Morgan fingerprint density at radius 1 is 0.918 bits per heavy atom. The van der Waals surface area contributed by atoms with E-state index in [2.05, 4.69) is 10.3 Å². The summed E-state index contributed by atoms with van der Waals surface area (Å²) in [6, 6.07) is 0. The van der Waals surface area contributed by atoms with Gasteiger partial charge in [0.2, 0.25) is 6.29 Å². The van der Waals surface area contributed by atoms with Crippen molar-refractivity contribution in [2.75, 3.05) is 61.7 Å². The van der Waals surface area contributed by atoms with Crippen molar-refractivity contribution >= 4 is 41.1 Å². The van der Waals surface area contributed by atoms with E-state index in [4.69, 9.17) is 39.9 Å². The van der Waals surface area contributed by atoms with Crippen LogP contribution in [-0.4, -0.2) is 171 Å². The van der Waals surface area contributed by atoms with Gasteiger partial charge in [-0.15, -0.1) is 11.8 Å². The quantitative estimate of drug-likeness (QED) is 0.0253. The van der Waals surface area contributed by atoms with Gasteiger partial charge in [-0.3, -0.25) is 10.3 Å². The highest BCUT2D eigenvalue weighted by Gasteiger charge is 2.55. The van der Waals surface area contributed by atoms with Crippen LogP contribution >= 0.6 is 35.3 Å². The Morgan fingerprint density at radius 2 is 1.65 bits per heavy atom. The van der Waals surface area contributed by atoms with Crippen LogP contribution in [0.5, 0.6) is 0 Å². The normalized spacial score (nSPS) is 38.1. The number of ether oxygens (including phenoxy) is 6. The lowest BCUT2D eigenvalue weighted by Crippen LogP contribution is -2.64. The highest BCUT2D eigenvalue weighted by atomic mass is 32.2. The molecule has 4 aliphatic heterocycles. The van der Waals surface area contributed by atoms with E-state index in [0.29, 0.717) is 50.7 Å². The Bertz CT molecular complexity index is 1000. The molecule has 2 bridgehead atoms. The number of nitrogens with zero attached hydrogens (tertiary/aromatic N) is 1. The fourth-order valence-corrected chi connectivity index (χ4v) is 8.03. The van der Waals surface area contributed by atoms with Gasteiger partial charge in [0.15, 0.2) is 6.29 Å². The third-order valence-corrected chi connectivity index (χ3v) is 11.7. The van der Waals surface area contributed by atoms with Gasteiger partial charge in [0.1, 0.15) is 54.2 Å². The molecule has 0 aromatic carbocycles. The van der Waals surface area contributed by atoms with Gasteiger partial charge in [-0.25, -0.2) is 0 Å². The number of hydrogen-bond donors (Lipinski definition) is 9. The molecule has 5 rings (SSSR count). The van der Waals surface area contributed by atoms with E-state index >= 15 is 0 Å². The van der Waals surface area contributed by atoms with Gasteiger partial charge in [0.25, 0.3) is 0 Å². The number of aliphatic hydroxyl groups excluding tert-OH is 6. The van der Waals surface area contributed by atoms with Gasteiger partial charge in [-0.1, -0.05) is 0 Å². The molecule has 5 aliphatic rings. The monoisotopic (exact) mass is 758 g/mol. The van der Waals surface area contributed by atoms with E-state index in [-0.39, 0.29) is 18.6 Å². The minimum absolute atomic E-state index is 0.0469. The first kappa shape index (κ1) is 41.3. The summed E-state index contributed by atoms with van der Waals surface area (Å²) in [4.78, 5) is 4.35. The number of nitrogens with one attached hydrogen (secondary N) is 1. The molecule has 49 heavy (non-hydrogen) atoms. The van der Waals surface area contributed by atoms with Gasteiger partial charge < -0.3 is 70.5 Å². The van der Waals surface area contributed by atoms with Crippen LogP contribution in [0.1, 0.15) is 25.7 Å². The van der Waals surface area contributed by atoms with E-state index in [1.165, 1.54) is 18.0 Å².